The second kappa shape index (κ2) is 6.28. The van der Waals surface area contributed by atoms with Crippen LogP contribution in [0.2, 0.25) is 0 Å². The molecule has 1 N–H and O–H groups in total. The van der Waals surface area contributed by atoms with Gasteiger partial charge in [-0.3, -0.25) is 19.5 Å². The minimum absolute atomic E-state index is 0.113. The van der Waals surface area contributed by atoms with Crippen LogP contribution in [0, 0.1) is 6.92 Å². The highest BCUT2D eigenvalue weighted by Crippen LogP contribution is 2.40. The van der Waals surface area contributed by atoms with Gasteiger partial charge in [0.25, 0.3) is 5.91 Å². The highest BCUT2D eigenvalue weighted by atomic mass is 16.3. The second-order valence-electron chi connectivity index (χ2n) is 5.71. The van der Waals surface area contributed by atoms with Gasteiger partial charge in [-0.2, -0.15) is 0 Å². The predicted molar refractivity (Wildman–Crippen MR) is 90.6 cm³/mol. The summed E-state index contributed by atoms with van der Waals surface area (Å²) >= 11 is 0. The number of carbonyl (C=O) groups excluding carboxylic acids is 2. The number of benzene rings is 1. The quantitative estimate of drug-likeness (QED) is 0.938. The zero-order valence-electron chi connectivity index (χ0n) is 13.6. The van der Waals surface area contributed by atoms with E-state index in [1.807, 2.05) is 19.1 Å². The van der Waals surface area contributed by atoms with Crippen molar-refractivity contribution in [3.05, 3.63) is 71.3 Å². The third kappa shape index (κ3) is 2.58. The third-order valence-electron chi connectivity index (χ3n) is 4.11. The van der Waals surface area contributed by atoms with Crippen LogP contribution in [0.15, 0.2) is 60.0 Å². The molecular weight excluding hydrogens is 304 g/mol. The molecule has 1 atom stereocenters. The summed E-state index contributed by atoms with van der Waals surface area (Å²) in [4.78, 5) is 30.7. The van der Waals surface area contributed by atoms with Crippen LogP contribution in [0.4, 0.5) is 5.69 Å². The molecule has 0 radical (unpaired) electrons. The number of aryl methyl sites for hydroxylation is 1. The predicted octanol–water partition coefficient (Wildman–Crippen LogP) is 3.27. The van der Waals surface area contributed by atoms with Crippen LogP contribution in [-0.2, 0) is 9.59 Å². The molecule has 24 heavy (non-hydrogen) atoms. The van der Waals surface area contributed by atoms with Crippen molar-refractivity contribution in [1.29, 1.82) is 0 Å². The van der Waals surface area contributed by atoms with E-state index >= 15 is 0 Å². The number of pyridine rings is 1. The first kappa shape index (κ1) is 15.9. The molecule has 5 heteroatoms. The zero-order chi connectivity index (χ0) is 17.3. The number of amides is 1. The van der Waals surface area contributed by atoms with Crippen molar-refractivity contribution in [2.75, 3.05) is 4.90 Å². The molecule has 1 unspecified atom stereocenters. The fourth-order valence-electron chi connectivity index (χ4n) is 2.87. The van der Waals surface area contributed by atoms with Crippen molar-refractivity contribution in [2.45, 2.75) is 26.3 Å². The number of hydrogen-bond acceptors (Lipinski definition) is 4. The molecule has 1 amide bonds. The van der Waals surface area contributed by atoms with Crippen LogP contribution in [0.25, 0.3) is 0 Å². The SMILES string of the molecule is CCC(=O)C1=C(O)C(=O)N(c2ccc(C)cc2)C1c1ccccn1. The molecule has 0 saturated heterocycles. The maximum Gasteiger partial charge on any atom is 0.294 e. The Kier molecular flexibility index (Phi) is 4.16. The molecule has 122 valence electrons. The van der Waals surface area contributed by atoms with Crippen molar-refractivity contribution >= 4 is 17.4 Å². The molecule has 2 aromatic rings. The van der Waals surface area contributed by atoms with Crippen molar-refractivity contribution in [2.24, 2.45) is 0 Å². The number of hydrogen-bond donors (Lipinski definition) is 1. The largest absolute Gasteiger partial charge is 0.503 e. The van der Waals surface area contributed by atoms with Crippen molar-refractivity contribution in [3.8, 4) is 0 Å². The maximum atomic E-state index is 12.6. The Labute approximate surface area is 140 Å². The second-order valence-corrected chi connectivity index (χ2v) is 5.71. The summed E-state index contributed by atoms with van der Waals surface area (Å²) in [6, 6.07) is 12.0. The first-order valence-electron chi connectivity index (χ1n) is 7.82. The number of rotatable bonds is 4. The Balaban J connectivity index is 2.16. The lowest BCUT2D eigenvalue weighted by Crippen LogP contribution is -2.31. The van der Waals surface area contributed by atoms with Gasteiger partial charge in [0.05, 0.1) is 11.3 Å². The number of nitrogens with zero attached hydrogens (tertiary/aromatic N) is 2. The van der Waals surface area contributed by atoms with Crippen LogP contribution in [0.3, 0.4) is 0 Å². The van der Waals surface area contributed by atoms with E-state index in [2.05, 4.69) is 4.98 Å². The molecule has 0 aliphatic carbocycles. The first-order valence-corrected chi connectivity index (χ1v) is 7.82. The smallest absolute Gasteiger partial charge is 0.294 e. The van der Waals surface area contributed by atoms with Crippen LogP contribution in [0.1, 0.15) is 30.6 Å². The van der Waals surface area contributed by atoms with Crippen molar-refractivity contribution < 1.29 is 14.7 Å². The van der Waals surface area contributed by atoms with Crippen LogP contribution >= 0.6 is 0 Å². The molecule has 1 aliphatic rings. The lowest BCUT2D eigenvalue weighted by atomic mass is 9.98. The summed E-state index contributed by atoms with van der Waals surface area (Å²) < 4.78 is 0. The minimum Gasteiger partial charge on any atom is -0.503 e. The van der Waals surface area contributed by atoms with Crippen LogP contribution in [0.5, 0.6) is 0 Å². The fourth-order valence-corrected chi connectivity index (χ4v) is 2.87. The van der Waals surface area contributed by atoms with Gasteiger partial charge in [0.15, 0.2) is 11.5 Å². The average molecular weight is 322 g/mol. The number of ketones is 1. The van der Waals surface area contributed by atoms with E-state index in [-0.39, 0.29) is 17.8 Å². The number of Topliss-reactive ketones (excluding diaryl/α,β-unsaturated/α-hetero) is 1. The Morgan fingerprint density at radius 3 is 2.50 bits per heavy atom. The number of anilines is 1. The van der Waals surface area contributed by atoms with Gasteiger partial charge in [-0.1, -0.05) is 30.7 Å². The Bertz CT molecular complexity index is 810. The third-order valence-corrected chi connectivity index (χ3v) is 4.11. The first-order chi connectivity index (χ1) is 11.5. The summed E-state index contributed by atoms with van der Waals surface area (Å²) in [6.07, 6.45) is 1.81. The fraction of sp³-hybridized carbons (Fsp3) is 0.211. The summed E-state index contributed by atoms with van der Waals surface area (Å²) in [5, 5.41) is 10.3. The molecule has 2 heterocycles. The molecule has 0 fully saturated rings. The molecule has 0 bridgehead atoms. The van der Waals surface area contributed by atoms with Gasteiger partial charge in [-0.25, -0.2) is 0 Å². The topological polar surface area (TPSA) is 70.5 Å². The Morgan fingerprint density at radius 2 is 1.92 bits per heavy atom. The van der Waals surface area contributed by atoms with Gasteiger partial charge in [-0.05, 0) is 31.2 Å². The summed E-state index contributed by atoms with van der Waals surface area (Å²) in [6.45, 7) is 3.66. The van der Waals surface area contributed by atoms with Crippen molar-refractivity contribution in [1.82, 2.24) is 4.98 Å². The van der Waals surface area contributed by atoms with Gasteiger partial charge >= 0.3 is 0 Å². The van der Waals surface area contributed by atoms with Gasteiger partial charge in [0.1, 0.15) is 6.04 Å². The number of aliphatic hydroxyl groups excluding tert-OH is 1. The van der Waals surface area contributed by atoms with Gasteiger partial charge < -0.3 is 5.11 Å². The maximum absolute atomic E-state index is 12.6. The average Bonchev–Trinajstić information content (AvgIpc) is 2.87. The molecule has 1 aromatic carbocycles. The standard InChI is InChI=1S/C19H18N2O3/c1-3-15(22)16-17(14-6-4-5-11-20-14)21(19(24)18(16)23)13-9-7-12(2)8-10-13/h4-11,17,23H,3H2,1-2H3. The molecule has 0 saturated carbocycles. The van der Waals surface area contributed by atoms with Crippen LogP contribution < -0.4 is 4.90 Å². The molecule has 0 spiro atoms. The normalized spacial score (nSPS) is 17.5. The molecule has 1 aromatic heterocycles. The van der Waals surface area contributed by atoms with E-state index in [0.717, 1.165) is 5.56 Å². The van der Waals surface area contributed by atoms with Gasteiger partial charge in [-0.15, -0.1) is 0 Å². The van der Waals surface area contributed by atoms with E-state index < -0.39 is 17.7 Å². The van der Waals surface area contributed by atoms with E-state index in [1.165, 1.54) is 4.90 Å². The molecule has 5 nitrogen and oxygen atoms in total. The van der Waals surface area contributed by atoms with E-state index in [9.17, 15) is 14.7 Å². The monoisotopic (exact) mass is 322 g/mol. The highest BCUT2D eigenvalue weighted by Gasteiger charge is 2.44. The Morgan fingerprint density at radius 1 is 1.21 bits per heavy atom. The van der Waals surface area contributed by atoms with E-state index in [0.29, 0.717) is 11.4 Å². The molecule has 1 aliphatic heterocycles. The highest BCUT2D eigenvalue weighted by molar-refractivity contribution is 6.16. The molecular formula is C19H18N2O3. The van der Waals surface area contributed by atoms with Gasteiger partial charge in [0.2, 0.25) is 0 Å². The number of aromatic nitrogens is 1. The summed E-state index contributed by atoms with van der Waals surface area (Å²) in [5.74, 6) is -1.32. The van der Waals surface area contributed by atoms with Crippen molar-refractivity contribution in [3.63, 3.8) is 0 Å². The minimum atomic E-state index is -0.714. The van der Waals surface area contributed by atoms with Gasteiger partial charge in [0, 0.05) is 18.3 Å². The van der Waals surface area contributed by atoms with E-state index in [1.54, 1.807) is 43.5 Å². The van der Waals surface area contributed by atoms with Crippen LogP contribution in [-0.4, -0.2) is 21.8 Å². The molecule has 3 rings (SSSR count). The summed E-state index contributed by atoms with van der Waals surface area (Å²) in [5.41, 5.74) is 2.34. The lowest BCUT2D eigenvalue weighted by Gasteiger charge is -2.26. The summed E-state index contributed by atoms with van der Waals surface area (Å²) in [7, 11) is 0. The number of carbonyl (C=O) groups is 2. The zero-order valence-corrected chi connectivity index (χ0v) is 13.6. The lowest BCUT2D eigenvalue weighted by molar-refractivity contribution is -0.118. The Hall–Kier alpha value is -2.95. The van der Waals surface area contributed by atoms with E-state index in [4.69, 9.17) is 0 Å². The number of aliphatic hydroxyl groups is 1.